The molecule has 3 heterocycles. The van der Waals surface area contributed by atoms with Crippen LogP contribution in [-0.4, -0.2) is 38.4 Å². The number of piperidine rings is 1. The second kappa shape index (κ2) is 7.28. The van der Waals surface area contributed by atoms with Gasteiger partial charge in [-0.3, -0.25) is 9.58 Å². The van der Waals surface area contributed by atoms with Crippen molar-refractivity contribution in [2.45, 2.75) is 51.2 Å². The molecule has 0 atom stereocenters. The minimum absolute atomic E-state index is 0.308. The van der Waals surface area contributed by atoms with E-state index in [1.54, 1.807) is 0 Å². The third-order valence-electron chi connectivity index (χ3n) is 6.54. The minimum Gasteiger partial charge on any atom is -0.490 e. The summed E-state index contributed by atoms with van der Waals surface area (Å²) in [5.74, 6) is 1.03. The molecule has 0 amide bonds. The predicted octanol–water partition coefficient (Wildman–Crippen LogP) is 3.83. The van der Waals surface area contributed by atoms with Gasteiger partial charge in [0.2, 0.25) is 0 Å². The maximum atomic E-state index is 6.42. The number of aryl methyl sites for hydroxylation is 3. The first-order valence-electron chi connectivity index (χ1n) is 10.7. The van der Waals surface area contributed by atoms with Gasteiger partial charge in [-0.2, -0.15) is 5.10 Å². The molecule has 2 aliphatic rings. The van der Waals surface area contributed by atoms with E-state index in [-0.39, 0.29) is 0 Å². The van der Waals surface area contributed by atoms with Gasteiger partial charge >= 0.3 is 0 Å². The van der Waals surface area contributed by atoms with Crippen LogP contribution in [0, 0.1) is 0 Å². The van der Waals surface area contributed by atoms with Crippen molar-refractivity contribution in [2.75, 3.05) is 13.1 Å². The summed E-state index contributed by atoms with van der Waals surface area (Å²) < 4.78 is 10.7. The zero-order chi connectivity index (χ0) is 19.1. The van der Waals surface area contributed by atoms with Gasteiger partial charge in [-0.15, -0.1) is 0 Å². The van der Waals surface area contributed by atoms with E-state index in [0.29, 0.717) is 6.10 Å². The van der Waals surface area contributed by atoms with Crippen LogP contribution in [0.3, 0.4) is 0 Å². The molecule has 0 saturated carbocycles. The van der Waals surface area contributed by atoms with E-state index in [1.807, 2.05) is 0 Å². The van der Waals surface area contributed by atoms with Crippen molar-refractivity contribution >= 4 is 10.9 Å². The van der Waals surface area contributed by atoms with Crippen molar-refractivity contribution in [2.24, 2.45) is 14.1 Å². The lowest BCUT2D eigenvalue weighted by molar-refractivity contribution is 0.0964. The first kappa shape index (κ1) is 17.8. The molecule has 28 heavy (non-hydrogen) atoms. The van der Waals surface area contributed by atoms with Gasteiger partial charge in [0.05, 0.1) is 16.9 Å². The lowest BCUT2D eigenvalue weighted by atomic mass is 9.95. The fraction of sp³-hybridized carbons (Fsp3) is 0.522. The number of benzene rings is 1. The Bertz CT molecular complexity index is 978. The summed E-state index contributed by atoms with van der Waals surface area (Å²) in [5, 5.41) is 6.00. The van der Waals surface area contributed by atoms with Crippen LogP contribution in [0.25, 0.3) is 10.9 Å². The molecule has 0 spiro atoms. The highest BCUT2D eigenvalue weighted by Gasteiger charge is 2.25. The summed E-state index contributed by atoms with van der Waals surface area (Å²) in [7, 11) is 4.20. The van der Waals surface area contributed by atoms with E-state index in [0.717, 1.165) is 44.6 Å². The number of likely N-dealkylation sites (tertiary alicyclic amines) is 1. The summed E-state index contributed by atoms with van der Waals surface area (Å²) in [4.78, 5) is 2.58. The number of nitrogens with zero attached hydrogens (tertiary/aromatic N) is 4. The summed E-state index contributed by atoms with van der Waals surface area (Å²) in [6, 6.07) is 8.51. The fourth-order valence-corrected chi connectivity index (χ4v) is 4.90. The molecule has 5 rings (SSSR count). The normalized spacial score (nSPS) is 18.5. The number of hydrogen-bond acceptors (Lipinski definition) is 3. The maximum Gasteiger partial charge on any atom is 0.129 e. The molecule has 1 aromatic carbocycles. The lowest BCUT2D eigenvalue weighted by Gasteiger charge is -2.32. The Kier molecular flexibility index (Phi) is 4.63. The standard InChI is InChI=1S/C23H30N4O/c1-25-13-12-19-21(25)8-5-9-23(19)28-17-10-14-27(15-11-17)16-22-18-6-3-4-7-20(18)24-26(22)2/h5,8-9,12-13,17H,3-4,6-7,10-11,14-16H2,1-2H3. The topological polar surface area (TPSA) is 35.2 Å². The molecule has 0 radical (unpaired) electrons. The third-order valence-corrected chi connectivity index (χ3v) is 6.54. The van der Waals surface area contributed by atoms with Crippen LogP contribution in [0.1, 0.15) is 42.6 Å². The van der Waals surface area contributed by atoms with E-state index < -0.39 is 0 Å². The Balaban J connectivity index is 1.23. The summed E-state index contributed by atoms with van der Waals surface area (Å²) in [6.07, 6.45) is 9.56. The third kappa shape index (κ3) is 3.22. The van der Waals surface area contributed by atoms with Crippen molar-refractivity contribution < 1.29 is 4.74 Å². The molecule has 5 nitrogen and oxygen atoms in total. The van der Waals surface area contributed by atoms with Crippen LogP contribution >= 0.6 is 0 Å². The van der Waals surface area contributed by atoms with Gasteiger partial charge in [-0.25, -0.2) is 0 Å². The Labute approximate surface area is 166 Å². The Morgan fingerprint density at radius 2 is 1.89 bits per heavy atom. The zero-order valence-electron chi connectivity index (χ0n) is 17.0. The highest BCUT2D eigenvalue weighted by atomic mass is 16.5. The zero-order valence-corrected chi connectivity index (χ0v) is 17.0. The number of rotatable bonds is 4. The van der Waals surface area contributed by atoms with Crippen LogP contribution in [0.2, 0.25) is 0 Å². The Morgan fingerprint density at radius 1 is 1.07 bits per heavy atom. The van der Waals surface area contributed by atoms with Crippen molar-refractivity contribution in [3.05, 3.63) is 47.4 Å². The smallest absolute Gasteiger partial charge is 0.129 e. The molecular formula is C23H30N4O. The Hall–Kier alpha value is -2.27. The molecular weight excluding hydrogens is 348 g/mol. The van der Waals surface area contributed by atoms with Gasteiger partial charge in [0, 0.05) is 45.3 Å². The average Bonchev–Trinajstić information content (AvgIpc) is 3.24. The summed E-state index contributed by atoms with van der Waals surface area (Å²) in [5.41, 5.74) is 5.54. The number of hydrogen-bond donors (Lipinski definition) is 0. The molecule has 148 valence electrons. The van der Waals surface area contributed by atoms with Gasteiger partial charge in [0.1, 0.15) is 11.9 Å². The van der Waals surface area contributed by atoms with Crippen molar-refractivity contribution in [1.29, 1.82) is 0 Å². The second-order valence-electron chi connectivity index (χ2n) is 8.41. The predicted molar refractivity (Wildman–Crippen MR) is 112 cm³/mol. The van der Waals surface area contributed by atoms with E-state index in [1.165, 1.54) is 47.1 Å². The number of ether oxygens (including phenoxy) is 1. The highest BCUT2D eigenvalue weighted by Crippen LogP contribution is 2.30. The SMILES string of the molecule is Cn1nc2c(c1CN1CCC(Oc3cccc4c3ccn4C)CC1)CCCC2. The summed E-state index contributed by atoms with van der Waals surface area (Å²) >= 11 is 0. The molecule has 1 saturated heterocycles. The lowest BCUT2D eigenvalue weighted by Crippen LogP contribution is -2.38. The minimum atomic E-state index is 0.308. The van der Waals surface area contributed by atoms with E-state index in [4.69, 9.17) is 9.84 Å². The van der Waals surface area contributed by atoms with Crippen molar-refractivity contribution in [3.63, 3.8) is 0 Å². The second-order valence-corrected chi connectivity index (χ2v) is 8.41. The fourth-order valence-electron chi connectivity index (χ4n) is 4.90. The van der Waals surface area contributed by atoms with Gasteiger partial charge < -0.3 is 9.30 Å². The average molecular weight is 379 g/mol. The van der Waals surface area contributed by atoms with Crippen molar-refractivity contribution in [3.8, 4) is 5.75 Å². The molecule has 1 fully saturated rings. The van der Waals surface area contributed by atoms with Gasteiger partial charge in [-0.05, 0) is 62.3 Å². The Morgan fingerprint density at radius 3 is 2.75 bits per heavy atom. The molecule has 1 aliphatic carbocycles. The van der Waals surface area contributed by atoms with Crippen LogP contribution < -0.4 is 4.74 Å². The molecule has 0 N–H and O–H groups in total. The molecule has 1 aliphatic heterocycles. The first-order valence-corrected chi connectivity index (χ1v) is 10.7. The first-order chi connectivity index (χ1) is 13.7. The molecule has 5 heteroatoms. The molecule has 3 aromatic rings. The molecule has 0 unspecified atom stereocenters. The summed E-state index contributed by atoms with van der Waals surface area (Å²) in [6.45, 7) is 3.21. The van der Waals surface area contributed by atoms with E-state index in [2.05, 4.69) is 58.7 Å². The highest BCUT2D eigenvalue weighted by molar-refractivity contribution is 5.86. The quantitative estimate of drug-likeness (QED) is 0.692. The largest absolute Gasteiger partial charge is 0.490 e. The van der Waals surface area contributed by atoms with Crippen LogP contribution in [0.5, 0.6) is 5.75 Å². The van der Waals surface area contributed by atoms with E-state index in [9.17, 15) is 0 Å². The molecule has 2 aromatic heterocycles. The van der Waals surface area contributed by atoms with Crippen molar-refractivity contribution in [1.82, 2.24) is 19.2 Å². The van der Waals surface area contributed by atoms with Gasteiger partial charge in [0.15, 0.2) is 0 Å². The monoisotopic (exact) mass is 378 g/mol. The van der Waals surface area contributed by atoms with Gasteiger partial charge in [-0.1, -0.05) is 6.07 Å². The maximum absolute atomic E-state index is 6.42. The number of fused-ring (bicyclic) bond motifs is 2. The van der Waals surface area contributed by atoms with Crippen LogP contribution in [0.4, 0.5) is 0 Å². The number of aromatic nitrogens is 3. The molecule has 0 bridgehead atoms. The van der Waals surface area contributed by atoms with Crippen LogP contribution in [0.15, 0.2) is 30.5 Å². The van der Waals surface area contributed by atoms with E-state index >= 15 is 0 Å². The van der Waals surface area contributed by atoms with Crippen LogP contribution in [-0.2, 0) is 33.5 Å². The van der Waals surface area contributed by atoms with Gasteiger partial charge in [0.25, 0.3) is 0 Å².